The van der Waals surface area contributed by atoms with Crippen molar-refractivity contribution < 1.29 is 4.79 Å². The van der Waals surface area contributed by atoms with E-state index in [0.29, 0.717) is 6.42 Å². The Labute approximate surface area is 144 Å². The monoisotopic (exact) mass is 323 g/mol. The number of hydrogen-bond donors (Lipinski definition) is 0. The van der Waals surface area contributed by atoms with Gasteiger partial charge in [0.25, 0.3) is 0 Å². The van der Waals surface area contributed by atoms with Crippen LogP contribution in [-0.2, 0) is 17.8 Å². The van der Waals surface area contributed by atoms with E-state index in [4.69, 9.17) is 0 Å². The van der Waals surface area contributed by atoms with Crippen LogP contribution >= 0.6 is 0 Å². The lowest BCUT2D eigenvalue weighted by Crippen LogP contribution is -2.48. The molecular formula is C20H25N3O. The summed E-state index contributed by atoms with van der Waals surface area (Å²) in [7, 11) is 0. The van der Waals surface area contributed by atoms with Crippen molar-refractivity contribution in [3.63, 3.8) is 0 Å². The molecule has 0 N–H and O–H groups in total. The third-order valence-corrected chi connectivity index (χ3v) is 4.76. The van der Waals surface area contributed by atoms with Gasteiger partial charge in [-0.2, -0.15) is 0 Å². The molecule has 1 saturated heterocycles. The minimum absolute atomic E-state index is 0.266. The highest BCUT2D eigenvalue weighted by Gasteiger charge is 2.21. The van der Waals surface area contributed by atoms with E-state index in [-0.39, 0.29) is 5.91 Å². The first-order valence-corrected chi connectivity index (χ1v) is 8.66. The molecule has 1 aliphatic rings. The van der Waals surface area contributed by atoms with Crippen molar-refractivity contribution in [1.29, 1.82) is 0 Å². The van der Waals surface area contributed by atoms with Crippen LogP contribution in [0.2, 0.25) is 0 Å². The Morgan fingerprint density at radius 2 is 1.75 bits per heavy atom. The summed E-state index contributed by atoms with van der Waals surface area (Å²) in [6.45, 7) is 6.71. The molecule has 1 amide bonds. The van der Waals surface area contributed by atoms with Gasteiger partial charge in [-0.3, -0.25) is 14.7 Å². The quantitative estimate of drug-likeness (QED) is 0.849. The van der Waals surface area contributed by atoms with Gasteiger partial charge in [-0.05, 0) is 42.2 Å². The summed E-state index contributed by atoms with van der Waals surface area (Å²) in [5.74, 6) is 0.266. The molecule has 2 aromatic rings. The Morgan fingerprint density at radius 3 is 2.46 bits per heavy atom. The lowest BCUT2D eigenvalue weighted by atomic mass is 10.1. The van der Waals surface area contributed by atoms with Gasteiger partial charge in [-0.1, -0.05) is 24.3 Å². The molecule has 3 rings (SSSR count). The normalized spacial score (nSPS) is 15.5. The number of piperazine rings is 1. The lowest BCUT2D eigenvalue weighted by molar-refractivity contribution is -0.133. The minimum Gasteiger partial charge on any atom is -0.340 e. The third-order valence-electron chi connectivity index (χ3n) is 4.76. The van der Waals surface area contributed by atoms with Gasteiger partial charge >= 0.3 is 0 Å². The maximum Gasteiger partial charge on any atom is 0.222 e. The first kappa shape index (κ1) is 16.7. The van der Waals surface area contributed by atoms with Crippen molar-refractivity contribution in [2.24, 2.45) is 0 Å². The Morgan fingerprint density at radius 1 is 1.04 bits per heavy atom. The second-order valence-electron chi connectivity index (χ2n) is 6.44. The zero-order valence-corrected chi connectivity index (χ0v) is 14.3. The van der Waals surface area contributed by atoms with E-state index in [0.717, 1.165) is 39.1 Å². The van der Waals surface area contributed by atoms with Gasteiger partial charge in [-0.25, -0.2) is 0 Å². The van der Waals surface area contributed by atoms with Gasteiger partial charge in [0.15, 0.2) is 0 Å². The van der Waals surface area contributed by atoms with Crippen molar-refractivity contribution in [2.75, 3.05) is 26.2 Å². The van der Waals surface area contributed by atoms with Crippen LogP contribution in [0, 0.1) is 6.92 Å². The van der Waals surface area contributed by atoms with E-state index < -0.39 is 0 Å². The first-order valence-electron chi connectivity index (χ1n) is 8.66. The second kappa shape index (κ2) is 8.06. The Balaban J connectivity index is 1.44. The Hall–Kier alpha value is -2.20. The number of aromatic nitrogens is 1. The van der Waals surface area contributed by atoms with Crippen LogP contribution in [-0.4, -0.2) is 46.9 Å². The molecule has 1 aliphatic heterocycles. The predicted octanol–water partition coefficient (Wildman–Crippen LogP) is 2.67. The maximum atomic E-state index is 12.4. The summed E-state index contributed by atoms with van der Waals surface area (Å²) in [5.41, 5.74) is 3.90. The molecule has 0 saturated carbocycles. The van der Waals surface area contributed by atoms with Crippen LogP contribution in [0.1, 0.15) is 23.1 Å². The van der Waals surface area contributed by atoms with Crippen molar-refractivity contribution in [2.45, 2.75) is 26.3 Å². The minimum atomic E-state index is 0.266. The summed E-state index contributed by atoms with van der Waals surface area (Å²) >= 11 is 0. The van der Waals surface area contributed by atoms with E-state index in [2.05, 4.69) is 41.1 Å². The average Bonchev–Trinajstić information content (AvgIpc) is 2.63. The molecule has 1 aromatic heterocycles. The number of carbonyl (C=O) groups is 1. The van der Waals surface area contributed by atoms with E-state index >= 15 is 0 Å². The van der Waals surface area contributed by atoms with Crippen LogP contribution in [0.5, 0.6) is 0 Å². The molecule has 1 fully saturated rings. The standard InChI is InChI=1S/C20H25N3O/c1-17-4-2-3-5-19(17)16-22-12-14-23(15-13-22)20(24)7-6-18-8-10-21-11-9-18/h2-5,8-11H,6-7,12-16H2,1H3. The maximum absolute atomic E-state index is 12.4. The molecule has 4 heteroatoms. The zero-order valence-electron chi connectivity index (χ0n) is 14.3. The van der Waals surface area contributed by atoms with Crippen LogP contribution in [0.15, 0.2) is 48.8 Å². The molecule has 0 spiro atoms. The molecule has 0 radical (unpaired) electrons. The van der Waals surface area contributed by atoms with E-state index in [1.807, 2.05) is 17.0 Å². The predicted molar refractivity (Wildman–Crippen MR) is 95.6 cm³/mol. The molecule has 0 bridgehead atoms. The van der Waals surface area contributed by atoms with Gasteiger partial charge in [0.05, 0.1) is 0 Å². The lowest BCUT2D eigenvalue weighted by Gasteiger charge is -2.35. The number of pyridine rings is 1. The number of aryl methyl sites for hydroxylation is 2. The fourth-order valence-electron chi connectivity index (χ4n) is 3.14. The Kier molecular flexibility index (Phi) is 5.59. The first-order chi connectivity index (χ1) is 11.7. The molecule has 0 atom stereocenters. The summed E-state index contributed by atoms with van der Waals surface area (Å²) in [4.78, 5) is 20.8. The van der Waals surface area contributed by atoms with E-state index in [1.165, 1.54) is 16.7 Å². The van der Waals surface area contributed by atoms with Crippen LogP contribution in [0.3, 0.4) is 0 Å². The molecule has 24 heavy (non-hydrogen) atoms. The molecule has 2 heterocycles. The number of carbonyl (C=O) groups excluding carboxylic acids is 1. The molecular weight excluding hydrogens is 298 g/mol. The van der Waals surface area contributed by atoms with Crippen LogP contribution < -0.4 is 0 Å². The summed E-state index contributed by atoms with van der Waals surface area (Å²) < 4.78 is 0. The van der Waals surface area contributed by atoms with Gasteiger partial charge in [0.2, 0.25) is 5.91 Å². The highest BCUT2D eigenvalue weighted by molar-refractivity contribution is 5.76. The van der Waals surface area contributed by atoms with Gasteiger partial charge in [0, 0.05) is 51.5 Å². The molecule has 1 aromatic carbocycles. The SMILES string of the molecule is Cc1ccccc1CN1CCN(C(=O)CCc2ccncc2)CC1. The number of benzene rings is 1. The van der Waals surface area contributed by atoms with Crippen LogP contribution in [0.25, 0.3) is 0 Å². The van der Waals surface area contributed by atoms with Crippen molar-refractivity contribution in [3.8, 4) is 0 Å². The van der Waals surface area contributed by atoms with E-state index in [1.54, 1.807) is 12.4 Å². The molecule has 0 aliphatic carbocycles. The number of rotatable bonds is 5. The largest absolute Gasteiger partial charge is 0.340 e. The summed E-state index contributed by atoms with van der Waals surface area (Å²) in [5, 5.41) is 0. The zero-order chi connectivity index (χ0) is 16.8. The number of amides is 1. The van der Waals surface area contributed by atoms with Crippen LogP contribution in [0.4, 0.5) is 0 Å². The van der Waals surface area contributed by atoms with Gasteiger partial charge in [-0.15, -0.1) is 0 Å². The molecule has 0 unspecified atom stereocenters. The van der Waals surface area contributed by atoms with Gasteiger partial charge in [0.1, 0.15) is 0 Å². The van der Waals surface area contributed by atoms with Crippen molar-refractivity contribution >= 4 is 5.91 Å². The fourth-order valence-corrected chi connectivity index (χ4v) is 3.14. The van der Waals surface area contributed by atoms with E-state index in [9.17, 15) is 4.79 Å². The second-order valence-corrected chi connectivity index (χ2v) is 6.44. The highest BCUT2D eigenvalue weighted by atomic mass is 16.2. The summed E-state index contributed by atoms with van der Waals surface area (Å²) in [6, 6.07) is 12.5. The Bertz CT molecular complexity index is 664. The highest BCUT2D eigenvalue weighted by Crippen LogP contribution is 2.13. The molecule has 126 valence electrons. The topological polar surface area (TPSA) is 36.4 Å². The smallest absolute Gasteiger partial charge is 0.222 e. The van der Waals surface area contributed by atoms with Gasteiger partial charge < -0.3 is 4.90 Å². The van der Waals surface area contributed by atoms with Crippen molar-refractivity contribution in [3.05, 3.63) is 65.5 Å². The van der Waals surface area contributed by atoms with Crippen molar-refractivity contribution in [1.82, 2.24) is 14.8 Å². The summed E-state index contributed by atoms with van der Waals surface area (Å²) in [6.07, 6.45) is 4.95. The average molecular weight is 323 g/mol. The fraction of sp³-hybridized carbons (Fsp3) is 0.400. The number of nitrogens with zero attached hydrogens (tertiary/aromatic N) is 3. The molecule has 4 nitrogen and oxygen atoms in total. The third kappa shape index (κ3) is 4.42. The number of hydrogen-bond acceptors (Lipinski definition) is 3.